The molecule has 21 heavy (non-hydrogen) atoms. The topological polar surface area (TPSA) is 66.5 Å². The lowest BCUT2D eigenvalue weighted by molar-refractivity contribution is -0.147. The summed E-state index contributed by atoms with van der Waals surface area (Å²) in [6.45, 7) is 2.98. The lowest BCUT2D eigenvalue weighted by Gasteiger charge is -2.31. The first-order chi connectivity index (χ1) is 9.90. The minimum absolute atomic E-state index is 0.0230. The lowest BCUT2D eigenvalue weighted by Crippen LogP contribution is -2.52. The van der Waals surface area contributed by atoms with Crippen LogP contribution >= 0.6 is 11.8 Å². The van der Waals surface area contributed by atoms with Crippen LogP contribution in [0.4, 0.5) is 10.1 Å². The molecule has 7 heteroatoms. The lowest BCUT2D eigenvalue weighted by atomic mass is 10.2. The first kappa shape index (κ1) is 15.5. The molecule has 0 unspecified atom stereocenters. The average Bonchev–Trinajstić information content (AvgIpc) is 2.44. The van der Waals surface area contributed by atoms with Crippen LogP contribution in [-0.4, -0.2) is 39.7 Å². The van der Waals surface area contributed by atoms with Crippen molar-refractivity contribution in [2.75, 3.05) is 11.9 Å². The number of carbonyl (C=O) groups excluding carboxylic acids is 3. The summed E-state index contributed by atoms with van der Waals surface area (Å²) in [4.78, 5) is 36.8. The number of anilines is 1. The predicted molar refractivity (Wildman–Crippen MR) is 78.3 cm³/mol. The van der Waals surface area contributed by atoms with Gasteiger partial charge in [-0.25, -0.2) is 4.39 Å². The SMILES string of the molecule is C[C@@H]1S[C@H](C)C(=O)N(CC(=O)Nc2ccccc2F)C1=O. The van der Waals surface area contributed by atoms with Crippen LogP contribution in [0.15, 0.2) is 24.3 Å². The fourth-order valence-corrected chi connectivity index (χ4v) is 3.12. The van der Waals surface area contributed by atoms with E-state index in [2.05, 4.69) is 5.32 Å². The summed E-state index contributed by atoms with van der Waals surface area (Å²) >= 11 is 1.26. The minimum atomic E-state index is -0.604. The van der Waals surface area contributed by atoms with Gasteiger partial charge in [0.15, 0.2) is 0 Å². The first-order valence-electron chi connectivity index (χ1n) is 6.45. The molecule has 2 rings (SSSR count). The molecule has 5 nitrogen and oxygen atoms in total. The third-order valence-electron chi connectivity index (χ3n) is 3.09. The fraction of sp³-hybridized carbons (Fsp3) is 0.357. The van der Waals surface area contributed by atoms with Crippen LogP contribution in [0.5, 0.6) is 0 Å². The van der Waals surface area contributed by atoms with E-state index >= 15 is 0 Å². The Balaban J connectivity index is 2.06. The molecule has 112 valence electrons. The summed E-state index contributed by atoms with van der Waals surface area (Å²) in [7, 11) is 0. The van der Waals surface area contributed by atoms with Crippen LogP contribution in [0.1, 0.15) is 13.8 Å². The molecule has 0 saturated carbocycles. The Kier molecular flexibility index (Phi) is 4.62. The number of halogens is 1. The quantitative estimate of drug-likeness (QED) is 0.862. The molecular weight excluding hydrogens is 295 g/mol. The predicted octanol–water partition coefficient (Wildman–Crippen LogP) is 1.64. The number of thioether (sulfide) groups is 1. The molecule has 2 atom stereocenters. The zero-order valence-corrected chi connectivity index (χ0v) is 12.4. The summed E-state index contributed by atoms with van der Waals surface area (Å²) in [5.41, 5.74) is 0.0230. The Bertz CT molecular complexity index is 573. The molecule has 0 aromatic heterocycles. The maximum atomic E-state index is 13.4. The molecule has 1 aliphatic heterocycles. The maximum Gasteiger partial charge on any atom is 0.244 e. The van der Waals surface area contributed by atoms with E-state index in [0.29, 0.717) is 0 Å². The van der Waals surface area contributed by atoms with Crippen molar-refractivity contribution in [3.05, 3.63) is 30.1 Å². The molecule has 1 aromatic rings. The number of benzene rings is 1. The van der Waals surface area contributed by atoms with Crippen molar-refractivity contribution in [2.45, 2.75) is 24.3 Å². The van der Waals surface area contributed by atoms with Crippen molar-refractivity contribution < 1.29 is 18.8 Å². The van der Waals surface area contributed by atoms with Crippen molar-refractivity contribution in [1.29, 1.82) is 0 Å². The standard InChI is InChI=1S/C14H15FN2O3S/c1-8-13(19)17(14(20)9(2)21-8)7-12(18)16-11-6-4-3-5-10(11)15/h3-6,8-9H,7H2,1-2H3,(H,16,18)/t8-,9+. The van der Waals surface area contributed by atoms with E-state index in [1.165, 1.54) is 30.0 Å². The Morgan fingerprint density at radius 1 is 1.24 bits per heavy atom. The third-order valence-corrected chi connectivity index (χ3v) is 4.31. The molecule has 1 heterocycles. The Morgan fingerprint density at radius 3 is 2.38 bits per heavy atom. The number of para-hydroxylation sites is 1. The van der Waals surface area contributed by atoms with Crippen molar-refractivity contribution in [1.82, 2.24) is 4.90 Å². The fourth-order valence-electron chi connectivity index (χ4n) is 2.02. The second-order valence-electron chi connectivity index (χ2n) is 4.71. The normalized spacial score (nSPS) is 22.3. The third kappa shape index (κ3) is 3.41. The number of carbonyl (C=O) groups is 3. The Labute approximate surface area is 125 Å². The van der Waals surface area contributed by atoms with Crippen molar-refractivity contribution in [3.8, 4) is 0 Å². The summed E-state index contributed by atoms with van der Waals surface area (Å²) in [5.74, 6) is -1.97. The molecule has 1 fully saturated rings. The minimum Gasteiger partial charge on any atom is -0.322 e. The highest BCUT2D eigenvalue weighted by molar-refractivity contribution is 8.02. The largest absolute Gasteiger partial charge is 0.322 e. The Hall–Kier alpha value is -1.89. The summed E-state index contributed by atoms with van der Waals surface area (Å²) in [6, 6.07) is 5.71. The van der Waals surface area contributed by atoms with E-state index in [4.69, 9.17) is 0 Å². The Morgan fingerprint density at radius 2 is 1.81 bits per heavy atom. The molecule has 1 saturated heterocycles. The molecule has 1 aliphatic rings. The van der Waals surface area contributed by atoms with E-state index in [9.17, 15) is 18.8 Å². The number of nitrogens with zero attached hydrogens (tertiary/aromatic N) is 1. The van der Waals surface area contributed by atoms with E-state index < -0.39 is 30.1 Å². The van der Waals surface area contributed by atoms with Crippen LogP contribution in [-0.2, 0) is 14.4 Å². The van der Waals surface area contributed by atoms with Gasteiger partial charge >= 0.3 is 0 Å². The number of hydrogen-bond acceptors (Lipinski definition) is 4. The van der Waals surface area contributed by atoms with Gasteiger partial charge in [-0.05, 0) is 26.0 Å². The first-order valence-corrected chi connectivity index (χ1v) is 7.39. The smallest absolute Gasteiger partial charge is 0.244 e. The second-order valence-corrected chi connectivity index (χ2v) is 6.40. The highest BCUT2D eigenvalue weighted by atomic mass is 32.2. The van der Waals surface area contributed by atoms with E-state index in [1.54, 1.807) is 19.9 Å². The number of rotatable bonds is 3. The van der Waals surface area contributed by atoms with Gasteiger partial charge in [0.25, 0.3) is 0 Å². The molecule has 1 aromatic carbocycles. The zero-order valence-electron chi connectivity index (χ0n) is 11.6. The van der Waals surface area contributed by atoms with E-state index in [-0.39, 0.29) is 16.2 Å². The zero-order chi connectivity index (χ0) is 15.6. The second kappa shape index (κ2) is 6.26. The van der Waals surface area contributed by atoms with Gasteiger partial charge in [-0.1, -0.05) is 12.1 Å². The number of imide groups is 1. The molecule has 3 amide bonds. The van der Waals surface area contributed by atoms with Crippen molar-refractivity contribution in [2.24, 2.45) is 0 Å². The van der Waals surface area contributed by atoms with Gasteiger partial charge in [0, 0.05) is 0 Å². The highest BCUT2D eigenvalue weighted by Gasteiger charge is 2.38. The van der Waals surface area contributed by atoms with Gasteiger partial charge in [0.1, 0.15) is 12.4 Å². The molecule has 0 radical (unpaired) electrons. The van der Waals surface area contributed by atoms with Gasteiger partial charge < -0.3 is 5.32 Å². The van der Waals surface area contributed by atoms with Crippen molar-refractivity contribution in [3.63, 3.8) is 0 Å². The van der Waals surface area contributed by atoms with Crippen LogP contribution in [0.25, 0.3) is 0 Å². The molecule has 0 spiro atoms. The molecule has 0 aliphatic carbocycles. The van der Waals surface area contributed by atoms with Crippen LogP contribution < -0.4 is 5.32 Å². The van der Waals surface area contributed by atoms with Gasteiger partial charge in [-0.2, -0.15) is 0 Å². The van der Waals surface area contributed by atoms with Crippen LogP contribution in [0.3, 0.4) is 0 Å². The monoisotopic (exact) mass is 310 g/mol. The van der Waals surface area contributed by atoms with E-state index in [0.717, 1.165) is 4.90 Å². The number of amides is 3. The summed E-state index contributed by atoms with van der Waals surface area (Å²) in [5, 5.41) is 1.61. The van der Waals surface area contributed by atoms with Gasteiger partial charge in [-0.15, -0.1) is 11.8 Å². The summed E-state index contributed by atoms with van der Waals surface area (Å²) in [6.07, 6.45) is 0. The van der Waals surface area contributed by atoms with Gasteiger partial charge in [0.05, 0.1) is 16.2 Å². The van der Waals surface area contributed by atoms with Crippen LogP contribution in [0.2, 0.25) is 0 Å². The van der Waals surface area contributed by atoms with Crippen LogP contribution in [0, 0.1) is 5.82 Å². The average molecular weight is 310 g/mol. The number of hydrogen-bond donors (Lipinski definition) is 1. The summed E-state index contributed by atoms with van der Waals surface area (Å²) < 4.78 is 13.4. The van der Waals surface area contributed by atoms with Gasteiger partial charge in [-0.3, -0.25) is 19.3 Å². The van der Waals surface area contributed by atoms with E-state index in [1.807, 2.05) is 0 Å². The highest BCUT2D eigenvalue weighted by Crippen LogP contribution is 2.26. The molecule has 0 bridgehead atoms. The number of nitrogens with one attached hydrogen (secondary N) is 1. The van der Waals surface area contributed by atoms with Gasteiger partial charge in [0.2, 0.25) is 17.7 Å². The maximum absolute atomic E-state index is 13.4. The molecule has 1 N–H and O–H groups in total. The molecular formula is C14H15FN2O3S. The van der Waals surface area contributed by atoms with Crippen molar-refractivity contribution >= 4 is 35.2 Å².